The number of rotatable bonds is 7. The smallest absolute Gasteiger partial charge is 0.160 e. The molecule has 1 heterocycles. The lowest BCUT2D eigenvalue weighted by Crippen LogP contribution is -2.40. The summed E-state index contributed by atoms with van der Waals surface area (Å²) in [5.74, 6) is 0.709. The van der Waals surface area contributed by atoms with Crippen LogP contribution >= 0.6 is 0 Å². The van der Waals surface area contributed by atoms with Gasteiger partial charge in [0.25, 0.3) is 0 Å². The molecule has 0 saturated heterocycles. The van der Waals surface area contributed by atoms with E-state index in [1.165, 1.54) is 94.6 Å². The van der Waals surface area contributed by atoms with E-state index < -0.39 is 5.41 Å². The van der Waals surface area contributed by atoms with Crippen molar-refractivity contribution in [1.29, 1.82) is 0 Å². The number of hydrogen-bond donors (Lipinski definition) is 0. The van der Waals surface area contributed by atoms with Crippen LogP contribution in [0.15, 0.2) is 249 Å². The second kappa shape index (κ2) is 16.8. The van der Waals surface area contributed by atoms with Crippen molar-refractivity contribution in [2.75, 3.05) is 0 Å². The van der Waals surface area contributed by atoms with Crippen molar-refractivity contribution in [3.05, 3.63) is 288 Å². The van der Waals surface area contributed by atoms with E-state index in [1.807, 2.05) is 6.07 Å². The van der Waals surface area contributed by atoms with E-state index in [0.717, 1.165) is 28.1 Å². The van der Waals surface area contributed by atoms with E-state index in [0.29, 0.717) is 5.82 Å². The van der Waals surface area contributed by atoms with Crippen LogP contribution in [-0.4, -0.2) is 9.97 Å². The third-order valence-corrected chi connectivity index (χ3v) is 15.2. The molecule has 0 fully saturated rings. The maximum atomic E-state index is 5.48. The largest absolute Gasteiger partial charge is 0.228 e. The van der Waals surface area contributed by atoms with Gasteiger partial charge in [-0.25, -0.2) is 9.97 Å². The molecule has 0 aliphatic heterocycles. The van der Waals surface area contributed by atoms with E-state index in [4.69, 9.17) is 9.97 Å². The highest BCUT2D eigenvalue weighted by Crippen LogP contribution is 2.64. The predicted molar refractivity (Wildman–Crippen MR) is 294 cm³/mol. The fourth-order valence-corrected chi connectivity index (χ4v) is 11.8. The Hall–Kier alpha value is -8.72. The molecule has 2 aliphatic rings. The Morgan fingerprint density at radius 3 is 1.27 bits per heavy atom. The van der Waals surface area contributed by atoms with Crippen LogP contribution in [0.4, 0.5) is 0 Å². The summed E-state index contributed by atoms with van der Waals surface area (Å²) in [5, 5.41) is 0. The number of benzene rings is 10. The van der Waals surface area contributed by atoms with Crippen molar-refractivity contribution in [2.45, 2.75) is 31.6 Å². The molecular weight excluding hydrogens is 857 g/mol. The molecule has 0 atom stereocenters. The molecule has 0 amide bonds. The molecule has 2 aliphatic carbocycles. The van der Waals surface area contributed by atoms with E-state index in [9.17, 15) is 0 Å². The first kappa shape index (κ1) is 42.4. The maximum absolute atomic E-state index is 5.48. The first-order valence-electron chi connectivity index (χ1n) is 24.7. The Morgan fingerprint density at radius 2 is 0.704 bits per heavy atom. The van der Waals surface area contributed by atoms with Gasteiger partial charge in [0, 0.05) is 22.1 Å². The highest BCUT2D eigenvalue weighted by molar-refractivity contribution is 5.98. The number of fused-ring (bicyclic) bond motifs is 9. The van der Waals surface area contributed by atoms with Gasteiger partial charge >= 0.3 is 0 Å². The van der Waals surface area contributed by atoms with Gasteiger partial charge in [0.1, 0.15) is 0 Å². The summed E-state index contributed by atoms with van der Waals surface area (Å²) in [6.45, 7) is 7.02. The highest BCUT2D eigenvalue weighted by atomic mass is 14.9. The monoisotopic (exact) mass is 906 g/mol. The third-order valence-electron chi connectivity index (χ3n) is 15.2. The van der Waals surface area contributed by atoms with Crippen LogP contribution in [0.5, 0.6) is 0 Å². The fourth-order valence-electron chi connectivity index (χ4n) is 11.8. The standard InChI is InChI=1S/C69H50N2/c1-45-40-57(65-44-64(51-20-9-5-10-21-51)70-67(71-65)52-22-11-6-12-23-52)66-56-43-55(38-39-58(56)69(63(66)41-45)61-28-15-13-26-59(61)68(2,3)60-27-14-16-29-62(60)69)50-36-32-48(33-37-50)47-30-34-49(35-31-47)54-25-17-24-53(42-54)46-18-7-4-8-19-46/h4-44H,1-3H3. The van der Waals surface area contributed by atoms with Gasteiger partial charge in [0.15, 0.2) is 5.82 Å². The Bertz CT molecular complexity index is 3710. The molecule has 11 aromatic rings. The lowest BCUT2D eigenvalue weighted by molar-refractivity contribution is 0.563. The highest BCUT2D eigenvalue weighted by Gasteiger charge is 2.54. The first-order valence-corrected chi connectivity index (χ1v) is 24.7. The Balaban J connectivity index is 0.976. The van der Waals surface area contributed by atoms with Gasteiger partial charge in [-0.3, -0.25) is 0 Å². The summed E-state index contributed by atoms with van der Waals surface area (Å²) in [4.78, 5) is 10.7. The first-order chi connectivity index (χ1) is 34.8. The van der Waals surface area contributed by atoms with Gasteiger partial charge in [-0.15, -0.1) is 0 Å². The third kappa shape index (κ3) is 6.93. The van der Waals surface area contributed by atoms with Gasteiger partial charge in [-0.2, -0.15) is 0 Å². The summed E-state index contributed by atoms with van der Waals surface area (Å²) in [6.07, 6.45) is 0. The predicted octanol–water partition coefficient (Wildman–Crippen LogP) is 17.5. The topological polar surface area (TPSA) is 25.8 Å². The Morgan fingerprint density at radius 1 is 0.282 bits per heavy atom. The summed E-state index contributed by atoms with van der Waals surface area (Å²) in [6, 6.07) is 91.0. The molecule has 13 rings (SSSR count). The minimum absolute atomic E-state index is 0.203. The minimum atomic E-state index is -0.566. The number of aromatic nitrogens is 2. The van der Waals surface area contributed by atoms with Crippen molar-refractivity contribution in [1.82, 2.24) is 9.97 Å². The van der Waals surface area contributed by atoms with Crippen molar-refractivity contribution in [3.8, 4) is 89.5 Å². The molecule has 0 bridgehead atoms. The zero-order chi connectivity index (χ0) is 47.7. The molecule has 2 nitrogen and oxygen atoms in total. The molecule has 0 unspecified atom stereocenters. The maximum Gasteiger partial charge on any atom is 0.160 e. The van der Waals surface area contributed by atoms with Crippen molar-refractivity contribution >= 4 is 0 Å². The number of hydrogen-bond acceptors (Lipinski definition) is 2. The molecule has 0 radical (unpaired) electrons. The van der Waals surface area contributed by atoms with Crippen molar-refractivity contribution in [2.24, 2.45) is 0 Å². The lowest BCUT2D eigenvalue weighted by Gasteiger charge is -2.46. The Labute approximate surface area is 416 Å². The van der Waals surface area contributed by atoms with Crippen LogP contribution in [0.25, 0.3) is 89.5 Å². The second-order valence-electron chi connectivity index (χ2n) is 19.8. The molecule has 2 heteroatoms. The van der Waals surface area contributed by atoms with Gasteiger partial charge in [0.05, 0.1) is 16.8 Å². The van der Waals surface area contributed by atoms with E-state index in [2.05, 4.69) is 263 Å². The van der Waals surface area contributed by atoms with Crippen LogP contribution in [0.2, 0.25) is 0 Å². The molecule has 336 valence electrons. The number of aryl methyl sites for hydroxylation is 1. The quantitative estimate of drug-likeness (QED) is 0.159. The van der Waals surface area contributed by atoms with Crippen LogP contribution in [0.3, 0.4) is 0 Å². The van der Waals surface area contributed by atoms with Gasteiger partial charge in [-0.05, 0) is 120 Å². The average molecular weight is 907 g/mol. The normalized spacial score (nSPS) is 13.5. The SMILES string of the molecule is Cc1cc(-c2cc(-c3ccccc3)nc(-c3ccccc3)n2)c2c(c1)C1(c3ccc(-c4ccc(-c5ccc(-c6cccc(-c7ccccc7)c6)cc5)cc4)cc3-2)c2ccccc2C(C)(C)c2ccccc21. The summed E-state index contributed by atoms with van der Waals surface area (Å²) in [5.41, 5.74) is 25.4. The van der Waals surface area contributed by atoms with Crippen LogP contribution in [0.1, 0.15) is 52.8 Å². The zero-order valence-electron chi connectivity index (χ0n) is 40.1. The average Bonchev–Trinajstić information content (AvgIpc) is 3.73. The molecule has 71 heavy (non-hydrogen) atoms. The number of nitrogens with zero attached hydrogens (tertiary/aromatic N) is 2. The van der Waals surface area contributed by atoms with Gasteiger partial charge in [-0.1, -0.05) is 244 Å². The summed E-state index contributed by atoms with van der Waals surface area (Å²) < 4.78 is 0. The lowest BCUT2D eigenvalue weighted by atomic mass is 9.55. The summed E-state index contributed by atoms with van der Waals surface area (Å²) in [7, 11) is 0. The van der Waals surface area contributed by atoms with Crippen molar-refractivity contribution in [3.63, 3.8) is 0 Å². The second-order valence-corrected chi connectivity index (χ2v) is 19.8. The van der Waals surface area contributed by atoms with Gasteiger partial charge in [0.2, 0.25) is 0 Å². The van der Waals surface area contributed by atoms with Crippen LogP contribution < -0.4 is 0 Å². The van der Waals surface area contributed by atoms with Gasteiger partial charge < -0.3 is 0 Å². The molecule has 0 saturated carbocycles. The van der Waals surface area contributed by atoms with Crippen molar-refractivity contribution < 1.29 is 0 Å². The fraction of sp³-hybridized carbons (Fsp3) is 0.0725. The van der Waals surface area contributed by atoms with Crippen LogP contribution in [0, 0.1) is 6.92 Å². The van der Waals surface area contributed by atoms with E-state index in [1.54, 1.807) is 0 Å². The molecule has 10 aromatic carbocycles. The van der Waals surface area contributed by atoms with Crippen LogP contribution in [-0.2, 0) is 10.8 Å². The Kier molecular flexibility index (Phi) is 10.0. The minimum Gasteiger partial charge on any atom is -0.228 e. The van der Waals surface area contributed by atoms with E-state index in [-0.39, 0.29) is 5.41 Å². The molecule has 1 spiro atoms. The molecule has 1 aromatic heterocycles. The summed E-state index contributed by atoms with van der Waals surface area (Å²) >= 11 is 0. The zero-order valence-corrected chi connectivity index (χ0v) is 40.1. The molecule has 0 N–H and O–H groups in total. The molecular formula is C69H50N2. The van der Waals surface area contributed by atoms with E-state index >= 15 is 0 Å².